The third-order valence-corrected chi connectivity index (χ3v) is 3.58. The van der Waals surface area contributed by atoms with Crippen LogP contribution in [-0.2, 0) is 13.0 Å². The third kappa shape index (κ3) is 3.70. The maximum absolute atomic E-state index is 3.43. The fourth-order valence-corrected chi connectivity index (χ4v) is 2.47. The number of nitrogens with zero attached hydrogens (tertiary/aromatic N) is 1. The predicted octanol–water partition coefficient (Wildman–Crippen LogP) is 2.46. The first-order chi connectivity index (χ1) is 7.81. The molecule has 0 saturated carbocycles. The molecule has 1 aromatic carbocycles. The Morgan fingerprint density at radius 2 is 2.00 bits per heavy atom. The number of halogens is 1. The first kappa shape index (κ1) is 14.5. The molecule has 1 saturated heterocycles. The van der Waals surface area contributed by atoms with E-state index in [9.17, 15) is 0 Å². The van der Waals surface area contributed by atoms with E-state index < -0.39 is 0 Å². The SMILES string of the molecule is CCc1ccccc1CN(C)C1CCNC1.Cl. The molecule has 1 N–H and O–H groups in total. The van der Waals surface area contributed by atoms with Gasteiger partial charge < -0.3 is 5.32 Å². The molecule has 0 bridgehead atoms. The Bertz CT molecular complexity index is 335. The summed E-state index contributed by atoms with van der Waals surface area (Å²) in [5.41, 5.74) is 2.97. The van der Waals surface area contributed by atoms with Crippen LogP contribution in [0.15, 0.2) is 24.3 Å². The summed E-state index contributed by atoms with van der Waals surface area (Å²) in [4.78, 5) is 2.48. The van der Waals surface area contributed by atoms with Crippen molar-refractivity contribution in [3.8, 4) is 0 Å². The average Bonchev–Trinajstić information content (AvgIpc) is 2.83. The standard InChI is InChI=1S/C14H22N2.ClH/c1-3-12-6-4-5-7-13(12)11-16(2)14-8-9-15-10-14;/h4-7,14-15H,3,8-11H2,1-2H3;1H. The van der Waals surface area contributed by atoms with Crippen LogP contribution >= 0.6 is 12.4 Å². The molecule has 1 unspecified atom stereocenters. The maximum Gasteiger partial charge on any atom is 0.0236 e. The summed E-state index contributed by atoms with van der Waals surface area (Å²) < 4.78 is 0. The molecule has 1 atom stereocenters. The molecule has 1 heterocycles. The first-order valence-corrected chi connectivity index (χ1v) is 6.29. The van der Waals surface area contributed by atoms with Gasteiger partial charge in [0.15, 0.2) is 0 Å². The van der Waals surface area contributed by atoms with E-state index in [1.165, 1.54) is 24.1 Å². The van der Waals surface area contributed by atoms with Gasteiger partial charge in [-0.2, -0.15) is 0 Å². The van der Waals surface area contributed by atoms with E-state index in [-0.39, 0.29) is 12.4 Å². The number of likely N-dealkylation sites (N-methyl/N-ethyl adjacent to an activating group) is 1. The number of aryl methyl sites for hydroxylation is 1. The lowest BCUT2D eigenvalue weighted by atomic mass is 10.0. The Morgan fingerprint density at radius 3 is 2.59 bits per heavy atom. The average molecular weight is 255 g/mol. The molecule has 1 aliphatic rings. The summed E-state index contributed by atoms with van der Waals surface area (Å²) >= 11 is 0. The van der Waals surface area contributed by atoms with Gasteiger partial charge in [-0.05, 0) is 37.6 Å². The van der Waals surface area contributed by atoms with Crippen LogP contribution < -0.4 is 5.32 Å². The summed E-state index contributed by atoms with van der Waals surface area (Å²) in [7, 11) is 2.24. The van der Waals surface area contributed by atoms with Gasteiger partial charge in [-0.3, -0.25) is 4.90 Å². The van der Waals surface area contributed by atoms with Gasteiger partial charge in [0.05, 0.1) is 0 Å². The molecular formula is C14H23ClN2. The zero-order valence-electron chi connectivity index (χ0n) is 10.8. The maximum atomic E-state index is 3.43. The zero-order chi connectivity index (χ0) is 11.4. The minimum Gasteiger partial charge on any atom is -0.315 e. The lowest BCUT2D eigenvalue weighted by molar-refractivity contribution is 0.248. The molecule has 2 nitrogen and oxygen atoms in total. The highest BCUT2D eigenvalue weighted by atomic mass is 35.5. The number of nitrogens with one attached hydrogen (secondary N) is 1. The van der Waals surface area contributed by atoms with Crippen LogP contribution in [0, 0.1) is 0 Å². The van der Waals surface area contributed by atoms with E-state index in [0.717, 1.165) is 19.5 Å². The molecule has 0 amide bonds. The predicted molar refractivity (Wildman–Crippen MR) is 75.8 cm³/mol. The number of rotatable bonds is 4. The van der Waals surface area contributed by atoms with Gasteiger partial charge in [0.1, 0.15) is 0 Å². The Kier molecular flexibility index (Phi) is 5.96. The summed E-state index contributed by atoms with van der Waals surface area (Å²) in [6.45, 7) is 5.63. The van der Waals surface area contributed by atoms with Gasteiger partial charge in [-0.25, -0.2) is 0 Å². The third-order valence-electron chi connectivity index (χ3n) is 3.58. The molecule has 0 aromatic heterocycles. The highest BCUT2D eigenvalue weighted by Gasteiger charge is 2.19. The summed E-state index contributed by atoms with van der Waals surface area (Å²) in [5.74, 6) is 0. The van der Waals surface area contributed by atoms with Crippen molar-refractivity contribution in [1.29, 1.82) is 0 Å². The van der Waals surface area contributed by atoms with Crippen LogP contribution in [-0.4, -0.2) is 31.1 Å². The minimum atomic E-state index is 0. The number of hydrogen-bond donors (Lipinski definition) is 1. The monoisotopic (exact) mass is 254 g/mol. The second-order valence-electron chi connectivity index (χ2n) is 4.68. The summed E-state index contributed by atoms with van der Waals surface area (Å²) in [5, 5.41) is 3.43. The molecule has 17 heavy (non-hydrogen) atoms. The van der Waals surface area contributed by atoms with Crippen molar-refractivity contribution >= 4 is 12.4 Å². The van der Waals surface area contributed by atoms with E-state index in [4.69, 9.17) is 0 Å². The van der Waals surface area contributed by atoms with Gasteiger partial charge in [0.2, 0.25) is 0 Å². The Balaban J connectivity index is 0.00000144. The van der Waals surface area contributed by atoms with Gasteiger partial charge in [0, 0.05) is 19.1 Å². The fourth-order valence-electron chi connectivity index (χ4n) is 2.47. The Hall–Kier alpha value is -0.570. The van der Waals surface area contributed by atoms with Crippen molar-refractivity contribution in [2.24, 2.45) is 0 Å². The van der Waals surface area contributed by atoms with Crippen LogP contribution in [0.1, 0.15) is 24.5 Å². The number of benzene rings is 1. The van der Waals surface area contributed by atoms with Gasteiger partial charge in [-0.15, -0.1) is 12.4 Å². The van der Waals surface area contributed by atoms with Crippen LogP contribution in [0.3, 0.4) is 0 Å². The van der Waals surface area contributed by atoms with Crippen molar-refractivity contribution in [2.75, 3.05) is 20.1 Å². The highest BCUT2D eigenvalue weighted by molar-refractivity contribution is 5.85. The Labute approximate surface area is 111 Å². The topological polar surface area (TPSA) is 15.3 Å². The summed E-state index contributed by atoms with van der Waals surface area (Å²) in [6, 6.07) is 9.51. The molecule has 0 spiro atoms. The second-order valence-corrected chi connectivity index (χ2v) is 4.68. The molecule has 1 fully saturated rings. The van der Waals surface area contributed by atoms with Gasteiger partial charge >= 0.3 is 0 Å². The number of hydrogen-bond acceptors (Lipinski definition) is 2. The molecular weight excluding hydrogens is 232 g/mol. The van der Waals surface area contributed by atoms with Crippen molar-refractivity contribution in [1.82, 2.24) is 10.2 Å². The van der Waals surface area contributed by atoms with Crippen LogP contribution in [0.25, 0.3) is 0 Å². The van der Waals surface area contributed by atoms with Crippen molar-refractivity contribution in [3.05, 3.63) is 35.4 Å². The van der Waals surface area contributed by atoms with Crippen LogP contribution in [0.5, 0.6) is 0 Å². The van der Waals surface area contributed by atoms with E-state index in [1.807, 2.05) is 0 Å². The lowest BCUT2D eigenvalue weighted by Gasteiger charge is -2.24. The van der Waals surface area contributed by atoms with Crippen LogP contribution in [0.4, 0.5) is 0 Å². The van der Waals surface area contributed by atoms with E-state index in [0.29, 0.717) is 6.04 Å². The smallest absolute Gasteiger partial charge is 0.0236 e. The molecule has 96 valence electrons. The highest BCUT2D eigenvalue weighted by Crippen LogP contribution is 2.15. The van der Waals surface area contributed by atoms with Crippen LogP contribution in [0.2, 0.25) is 0 Å². The van der Waals surface area contributed by atoms with Crippen molar-refractivity contribution in [2.45, 2.75) is 32.4 Å². The molecule has 3 heteroatoms. The van der Waals surface area contributed by atoms with Gasteiger partial charge in [-0.1, -0.05) is 31.2 Å². The van der Waals surface area contributed by atoms with Crippen molar-refractivity contribution < 1.29 is 0 Å². The molecule has 1 aromatic rings. The normalized spacial score (nSPS) is 19.4. The quantitative estimate of drug-likeness (QED) is 0.888. The minimum absolute atomic E-state index is 0. The molecule has 2 rings (SSSR count). The lowest BCUT2D eigenvalue weighted by Crippen LogP contribution is -2.33. The van der Waals surface area contributed by atoms with E-state index in [1.54, 1.807) is 0 Å². The largest absolute Gasteiger partial charge is 0.315 e. The fraction of sp³-hybridized carbons (Fsp3) is 0.571. The molecule has 0 aliphatic carbocycles. The van der Waals surface area contributed by atoms with E-state index >= 15 is 0 Å². The van der Waals surface area contributed by atoms with E-state index in [2.05, 4.69) is 48.5 Å². The molecule has 1 aliphatic heterocycles. The zero-order valence-corrected chi connectivity index (χ0v) is 11.6. The Morgan fingerprint density at radius 1 is 1.29 bits per heavy atom. The van der Waals surface area contributed by atoms with Crippen molar-refractivity contribution in [3.63, 3.8) is 0 Å². The summed E-state index contributed by atoms with van der Waals surface area (Å²) in [6.07, 6.45) is 2.41. The first-order valence-electron chi connectivity index (χ1n) is 6.29. The van der Waals surface area contributed by atoms with Gasteiger partial charge in [0.25, 0.3) is 0 Å². The second kappa shape index (κ2) is 7.00. The molecule has 0 radical (unpaired) electrons.